The van der Waals surface area contributed by atoms with Gasteiger partial charge in [0.15, 0.2) is 0 Å². The molecule has 0 unspecified atom stereocenters. The fraction of sp³-hybridized carbons (Fsp3) is 0.875. The zero-order chi connectivity index (χ0) is 7.45. The van der Waals surface area contributed by atoms with Gasteiger partial charge < -0.3 is 10.1 Å². The van der Waals surface area contributed by atoms with Gasteiger partial charge in [-0.1, -0.05) is 13.3 Å². The van der Waals surface area contributed by atoms with Crippen LogP contribution in [0.2, 0.25) is 0 Å². The van der Waals surface area contributed by atoms with Gasteiger partial charge in [-0.3, -0.25) is 0 Å². The summed E-state index contributed by atoms with van der Waals surface area (Å²) < 4.78 is 0. The fourth-order valence-corrected chi connectivity index (χ4v) is 1.63. The van der Waals surface area contributed by atoms with Crippen molar-refractivity contribution in [3.8, 4) is 0 Å². The molecule has 1 fully saturated rings. The van der Waals surface area contributed by atoms with Gasteiger partial charge in [-0.05, 0) is 19.4 Å². The van der Waals surface area contributed by atoms with Crippen LogP contribution in [0.3, 0.4) is 0 Å². The number of halogens is 1. The van der Waals surface area contributed by atoms with Gasteiger partial charge in [0, 0.05) is 12.0 Å². The van der Waals surface area contributed by atoms with Crippen LogP contribution < -0.4 is 5.32 Å². The number of carbonyl (C=O) groups excluding carboxylic acids is 1. The average molecular weight is 178 g/mol. The maximum absolute atomic E-state index is 10.7. The minimum absolute atomic E-state index is 0. The number of aldehydes is 1. The van der Waals surface area contributed by atoms with Gasteiger partial charge in [-0.15, -0.1) is 12.4 Å². The van der Waals surface area contributed by atoms with Gasteiger partial charge >= 0.3 is 0 Å². The molecule has 0 aromatic carbocycles. The number of rotatable bonds is 3. The van der Waals surface area contributed by atoms with E-state index in [0.717, 1.165) is 38.6 Å². The molecule has 1 N–H and O–H groups in total. The maximum Gasteiger partial charge on any atom is 0.127 e. The third-order valence-electron chi connectivity index (χ3n) is 2.27. The first-order chi connectivity index (χ1) is 4.83. The molecule has 1 aliphatic rings. The second-order valence-electron chi connectivity index (χ2n) is 3.16. The van der Waals surface area contributed by atoms with Crippen LogP contribution in [0, 0.1) is 5.41 Å². The zero-order valence-electron chi connectivity index (χ0n) is 6.93. The van der Waals surface area contributed by atoms with E-state index in [1.165, 1.54) is 0 Å². The van der Waals surface area contributed by atoms with Crippen LogP contribution in [0.5, 0.6) is 0 Å². The predicted octanol–water partition coefficient (Wildman–Crippen LogP) is 1.39. The van der Waals surface area contributed by atoms with Crippen LogP contribution in [-0.2, 0) is 4.79 Å². The van der Waals surface area contributed by atoms with Crippen LogP contribution in [0.25, 0.3) is 0 Å². The van der Waals surface area contributed by atoms with Gasteiger partial charge in [0.2, 0.25) is 0 Å². The molecule has 66 valence electrons. The molecule has 0 saturated carbocycles. The highest BCUT2D eigenvalue weighted by Crippen LogP contribution is 2.27. The molecule has 1 aliphatic heterocycles. The monoisotopic (exact) mass is 177 g/mol. The third kappa shape index (κ3) is 2.46. The molecule has 0 radical (unpaired) electrons. The van der Waals surface area contributed by atoms with Crippen molar-refractivity contribution in [2.75, 3.05) is 13.1 Å². The first-order valence-corrected chi connectivity index (χ1v) is 4.00. The first kappa shape index (κ1) is 10.9. The molecule has 3 heteroatoms. The van der Waals surface area contributed by atoms with Gasteiger partial charge in [0.25, 0.3) is 0 Å². The predicted molar refractivity (Wildman–Crippen MR) is 48.1 cm³/mol. The minimum Gasteiger partial charge on any atom is -0.316 e. The smallest absolute Gasteiger partial charge is 0.127 e. The highest BCUT2D eigenvalue weighted by Gasteiger charge is 2.31. The van der Waals surface area contributed by atoms with Gasteiger partial charge in [0.1, 0.15) is 6.29 Å². The normalized spacial score (nSPS) is 29.5. The Labute approximate surface area is 74.2 Å². The van der Waals surface area contributed by atoms with Crippen LogP contribution in [0.1, 0.15) is 26.2 Å². The Morgan fingerprint density at radius 3 is 2.73 bits per heavy atom. The Hall–Kier alpha value is -0.0800. The van der Waals surface area contributed by atoms with Crippen molar-refractivity contribution in [2.45, 2.75) is 26.2 Å². The van der Waals surface area contributed by atoms with Crippen LogP contribution in [0.15, 0.2) is 0 Å². The van der Waals surface area contributed by atoms with E-state index < -0.39 is 0 Å². The van der Waals surface area contributed by atoms with E-state index >= 15 is 0 Å². The molecular formula is C8H16ClNO. The fourth-order valence-electron chi connectivity index (χ4n) is 1.63. The van der Waals surface area contributed by atoms with E-state index in [9.17, 15) is 4.79 Å². The number of nitrogens with one attached hydrogen (secondary N) is 1. The van der Waals surface area contributed by atoms with Crippen LogP contribution in [0.4, 0.5) is 0 Å². The van der Waals surface area contributed by atoms with E-state index in [1.807, 2.05) is 0 Å². The molecule has 0 spiro atoms. The lowest BCUT2D eigenvalue weighted by atomic mass is 9.84. The number of carbonyl (C=O) groups is 1. The lowest BCUT2D eigenvalue weighted by Crippen LogP contribution is -2.25. The molecule has 1 rings (SSSR count). The third-order valence-corrected chi connectivity index (χ3v) is 2.27. The largest absolute Gasteiger partial charge is 0.316 e. The maximum atomic E-state index is 10.7. The van der Waals surface area contributed by atoms with E-state index in [2.05, 4.69) is 12.2 Å². The summed E-state index contributed by atoms with van der Waals surface area (Å²) in [4.78, 5) is 10.7. The van der Waals surface area contributed by atoms with Crippen molar-refractivity contribution in [3.05, 3.63) is 0 Å². The van der Waals surface area contributed by atoms with Crippen molar-refractivity contribution in [1.82, 2.24) is 5.32 Å². The topological polar surface area (TPSA) is 29.1 Å². The molecule has 0 amide bonds. The van der Waals surface area contributed by atoms with Crippen molar-refractivity contribution in [3.63, 3.8) is 0 Å². The average Bonchev–Trinajstić information content (AvgIpc) is 2.39. The number of hydrogen-bond acceptors (Lipinski definition) is 2. The Morgan fingerprint density at radius 2 is 2.36 bits per heavy atom. The minimum atomic E-state index is -0.00521. The van der Waals surface area contributed by atoms with E-state index in [-0.39, 0.29) is 17.8 Å². The molecule has 1 heterocycles. The Morgan fingerprint density at radius 1 is 1.64 bits per heavy atom. The first-order valence-electron chi connectivity index (χ1n) is 4.00. The van der Waals surface area contributed by atoms with Crippen molar-refractivity contribution < 1.29 is 4.79 Å². The SMILES string of the molecule is CCC[C@]1(C=O)CCNC1.Cl. The summed E-state index contributed by atoms with van der Waals surface area (Å²) in [5.41, 5.74) is -0.00521. The molecule has 11 heavy (non-hydrogen) atoms. The Kier molecular flexibility index (Phi) is 4.69. The lowest BCUT2D eigenvalue weighted by Gasteiger charge is -2.18. The van der Waals surface area contributed by atoms with E-state index in [1.54, 1.807) is 0 Å². The second-order valence-corrected chi connectivity index (χ2v) is 3.16. The molecular weight excluding hydrogens is 162 g/mol. The summed E-state index contributed by atoms with van der Waals surface area (Å²) in [6, 6.07) is 0. The quantitative estimate of drug-likeness (QED) is 0.661. The summed E-state index contributed by atoms with van der Waals surface area (Å²) in [6.07, 6.45) is 4.32. The summed E-state index contributed by atoms with van der Waals surface area (Å²) >= 11 is 0. The van der Waals surface area contributed by atoms with Crippen molar-refractivity contribution in [1.29, 1.82) is 0 Å². The summed E-state index contributed by atoms with van der Waals surface area (Å²) in [7, 11) is 0. The Bertz CT molecular complexity index is 121. The van der Waals surface area contributed by atoms with Gasteiger partial charge in [-0.2, -0.15) is 0 Å². The number of hydrogen-bond donors (Lipinski definition) is 1. The molecule has 0 aromatic heterocycles. The second kappa shape index (κ2) is 4.73. The molecule has 2 nitrogen and oxygen atoms in total. The highest BCUT2D eigenvalue weighted by molar-refractivity contribution is 5.85. The zero-order valence-corrected chi connectivity index (χ0v) is 7.75. The van der Waals surface area contributed by atoms with Gasteiger partial charge in [0.05, 0.1) is 0 Å². The standard InChI is InChI=1S/C8H15NO.ClH/c1-2-3-8(7-10)4-5-9-6-8;/h7,9H,2-6H2,1H3;1H/t8-;/m0./s1. The molecule has 1 saturated heterocycles. The van der Waals surface area contributed by atoms with Crippen LogP contribution in [-0.4, -0.2) is 19.4 Å². The Balaban J connectivity index is 0.000001000. The molecule has 1 atom stereocenters. The van der Waals surface area contributed by atoms with Crippen LogP contribution >= 0.6 is 12.4 Å². The summed E-state index contributed by atoms with van der Waals surface area (Å²) in [6.45, 7) is 4.03. The molecule has 0 aromatic rings. The molecule has 0 aliphatic carbocycles. The van der Waals surface area contributed by atoms with E-state index in [4.69, 9.17) is 0 Å². The molecule has 0 bridgehead atoms. The van der Waals surface area contributed by atoms with E-state index in [0.29, 0.717) is 0 Å². The lowest BCUT2D eigenvalue weighted by molar-refractivity contribution is -0.115. The summed E-state index contributed by atoms with van der Waals surface area (Å²) in [5, 5.41) is 3.22. The summed E-state index contributed by atoms with van der Waals surface area (Å²) in [5.74, 6) is 0. The van der Waals surface area contributed by atoms with Crippen molar-refractivity contribution >= 4 is 18.7 Å². The van der Waals surface area contributed by atoms with Gasteiger partial charge in [-0.25, -0.2) is 0 Å². The van der Waals surface area contributed by atoms with Crippen molar-refractivity contribution in [2.24, 2.45) is 5.41 Å². The highest BCUT2D eigenvalue weighted by atomic mass is 35.5.